The third-order valence-corrected chi connectivity index (χ3v) is 5.09. The van der Waals surface area contributed by atoms with E-state index in [0.29, 0.717) is 28.1 Å². The summed E-state index contributed by atoms with van der Waals surface area (Å²) in [5.74, 6) is 0.314. The lowest BCUT2D eigenvalue weighted by Gasteiger charge is -2.13. The molecule has 7 nitrogen and oxygen atoms in total. The van der Waals surface area contributed by atoms with E-state index in [0.717, 1.165) is 16.5 Å². The van der Waals surface area contributed by atoms with E-state index in [1.165, 1.54) is 0 Å². The number of hydrazine groups is 1. The second-order valence-corrected chi connectivity index (χ2v) is 8.29. The van der Waals surface area contributed by atoms with E-state index in [1.54, 1.807) is 24.3 Å². The Morgan fingerprint density at radius 3 is 2.33 bits per heavy atom. The number of hydrogen-bond donors (Lipinski definition) is 3. The topological polar surface area (TPSA) is 88.7 Å². The minimum atomic E-state index is -0.459. The SMILES string of the molecule is CCCOc1ccc(C(=O)NC(=S)NNC(=O)COc2ccc(C)cc2Br)cc1Br. The Hall–Kier alpha value is -2.17. The van der Waals surface area contributed by atoms with Crippen molar-refractivity contribution in [2.45, 2.75) is 20.3 Å². The van der Waals surface area contributed by atoms with E-state index in [-0.39, 0.29) is 11.7 Å². The highest BCUT2D eigenvalue weighted by atomic mass is 79.9. The fraction of sp³-hybridized carbons (Fsp3) is 0.250. The molecule has 3 N–H and O–H groups in total. The highest BCUT2D eigenvalue weighted by molar-refractivity contribution is 9.10. The van der Waals surface area contributed by atoms with Crippen LogP contribution in [0.1, 0.15) is 29.3 Å². The van der Waals surface area contributed by atoms with Gasteiger partial charge in [-0.05, 0) is 93.3 Å². The smallest absolute Gasteiger partial charge is 0.276 e. The van der Waals surface area contributed by atoms with E-state index in [1.807, 2.05) is 26.0 Å². The number of thiocarbonyl (C=S) groups is 1. The molecular weight excluding hydrogens is 538 g/mol. The van der Waals surface area contributed by atoms with Gasteiger partial charge in [0.05, 0.1) is 15.6 Å². The molecule has 0 atom stereocenters. The zero-order chi connectivity index (χ0) is 22.1. The Labute approximate surface area is 197 Å². The fourth-order valence-electron chi connectivity index (χ4n) is 2.21. The second-order valence-electron chi connectivity index (χ2n) is 6.17. The lowest BCUT2D eigenvalue weighted by molar-refractivity contribution is -0.123. The van der Waals surface area contributed by atoms with Gasteiger partial charge in [-0.1, -0.05) is 13.0 Å². The van der Waals surface area contributed by atoms with Crippen molar-refractivity contribution < 1.29 is 19.1 Å². The maximum absolute atomic E-state index is 12.3. The molecule has 0 aromatic heterocycles. The number of amides is 2. The third-order valence-electron chi connectivity index (χ3n) is 3.64. The molecule has 0 spiro atoms. The van der Waals surface area contributed by atoms with E-state index < -0.39 is 11.8 Å². The Kier molecular flexibility index (Phi) is 9.54. The van der Waals surface area contributed by atoms with Crippen molar-refractivity contribution in [1.82, 2.24) is 16.2 Å². The van der Waals surface area contributed by atoms with Crippen LogP contribution < -0.4 is 25.6 Å². The first kappa shape index (κ1) is 24.1. The van der Waals surface area contributed by atoms with Crippen LogP contribution in [0.25, 0.3) is 0 Å². The van der Waals surface area contributed by atoms with E-state index >= 15 is 0 Å². The van der Waals surface area contributed by atoms with E-state index in [4.69, 9.17) is 21.7 Å². The van der Waals surface area contributed by atoms with Crippen LogP contribution in [-0.2, 0) is 4.79 Å². The number of carbonyl (C=O) groups is 2. The molecular formula is C20H21Br2N3O4S. The first-order chi connectivity index (χ1) is 14.3. The maximum atomic E-state index is 12.3. The molecule has 160 valence electrons. The minimum Gasteiger partial charge on any atom is -0.492 e. The highest BCUT2D eigenvalue weighted by Gasteiger charge is 2.12. The number of hydrogen-bond acceptors (Lipinski definition) is 5. The Morgan fingerprint density at radius 1 is 1.00 bits per heavy atom. The largest absolute Gasteiger partial charge is 0.492 e. The summed E-state index contributed by atoms with van der Waals surface area (Å²) >= 11 is 11.8. The Balaban J connectivity index is 1.78. The van der Waals surface area contributed by atoms with Crippen LogP contribution in [0.5, 0.6) is 11.5 Å². The number of halogens is 2. The standard InChI is InChI=1S/C20H21Br2N3O4S/c1-3-8-28-16-7-5-13(10-15(16)22)19(27)23-20(30)25-24-18(26)11-29-17-6-4-12(2)9-14(17)21/h4-7,9-10H,3,8,11H2,1-2H3,(H,24,26)(H2,23,25,27,30). The van der Waals surface area contributed by atoms with Gasteiger partial charge in [0.15, 0.2) is 11.7 Å². The summed E-state index contributed by atoms with van der Waals surface area (Å²) in [6.07, 6.45) is 0.883. The van der Waals surface area contributed by atoms with Gasteiger partial charge in [-0.3, -0.25) is 25.8 Å². The van der Waals surface area contributed by atoms with Crippen LogP contribution in [0, 0.1) is 6.92 Å². The highest BCUT2D eigenvalue weighted by Crippen LogP contribution is 2.26. The van der Waals surface area contributed by atoms with Crippen molar-refractivity contribution in [2.24, 2.45) is 0 Å². The van der Waals surface area contributed by atoms with Crippen LogP contribution in [0.3, 0.4) is 0 Å². The minimum absolute atomic E-state index is 0.0488. The monoisotopic (exact) mass is 557 g/mol. The number of ether oxygens (including phenoxy) is 2. The molecule has 2 rings (SSSR count). The normalized spacial score (nSPS) is 10.1. The average molecular weight is 559 g/mol. The van der Waals surface area contributed by atoms with Gasteiger partial charge < -0.3 is 9.47 Å². The summed E-state index contributed by atoms with van der Waals surface area (Å²) in [6.45, 7) is 4.32. The van der Waals surface area contributed by atoms with Crippen molar-refractivity contribution in [3.63, 3.8) is 0 Å². The molecule has 0 unspecified atom stereocenters. The summed E-state index contributed by atoms with van der Waals surface area (Å²) < 4.78 is 12.4. The zero-order valence-corrected chi connectivity index (χ0v) is 20.4. The number of rotatable bonds is 7. The molecule has 2 amide bonds. The van der Waals surface area contributed by atoms with Crippen LogP contribution in [0.4, 0.5) is 0 Å². The van der Waals surface area contributed by atoms with Crippen LogP contribution in [0.2, 0.25) is 0 Å². The van der Waals surface area contributed by atoms with Gasteiger partial charge in [-0.25, -0.2) is 0 Å². The summed E-state index contributed by atoms with van der Waals surface area (Å²) in [4.78, 5) is 24.2. The van der Waals surface area contributed by atoms with Crippen molar-refractivity contribution in [1.29, 1.82) is 0 Å². The molecule has 30 heavy (non-hydrogen) atoms. The van der Waals surface area contributed by atoms with Crippen molar-refractivity contribution >= 4 is 61.0 Å². The van der Waals surface area contributed by atoms with Crippen molar-refractivity contribution in [3.8, 4) is 11.5 Å². The average Bonchev–Trinajstić information content (AvgIpc) is 2.70. The molecule has 0 aliphatic heterocycles. The maximum Gasteiger partial charge on any atom is 0.276 e. The lowest BCUT2D eigenvalue weighted by atomic mass is 10.2. The molecule has 0 bridgehead atoms. The third kappa shape index (κ3) is 7.58. The first-order valence-electron chi connectivity index (χ1n) is 9.01. The molecule has 2 aromatic rings. The fourth-order valence-corrected chi connectivity index (χ4v) is 3.45. The zero-order valence-electron chi connectivity index (χ0n) is 16.4. The van der Waals surface area contributed by atoms with E-state index in [9.17, 15) is 9.59 Å². The van der Waals surface area contributed by atoms with Gasteiger partial charge in [0, 0.05) is 5.56 Å². The molecule has 0 saturated carbocycles. The van der Waals surface area contributed by atoms with Crippen molar-refractivity contribution in [2.75, 3.05) is 13.2 Å². The summed E-state index contributed by atoms with van der Waals surface area (Å²) in [5.41, 5.74) is 6.29. The van der Waals surface area contributed by atoms with E-state index in [2.05, 4.69) is 48.0 Å². The van der Waals surface area contributed by atoms with Gasteiger partial charge >= 0.3 is 0 Å². The molecule has 0 saturated heterocycles. The second kappa shape index (κ2) is 11.9. The number of carbonyl (C=O) groups excluding carboxylic acids is 2. The van der Waals surface area contributed by atoms with Crippen LogP contribution in [-0.4, -0.2) is 30.1 Å². The molecule has 0 radical (unpaired) electrons. The van der Waals surface area contributed by atoms with Crippen molar-refractivity contribution in [3.05, 3.63) is 56.5 Å². The molecule has 0 fully saturated rings. The lowest BCUT2D eigenvalue weighted by Crippen LogP contribution is -2.49. The molecule has 10 heteroatoms. The van der Waals surface area contributed by atoms with Gasteiger partial charge in [0.1, 0.15) is 11.5 Å². The Morgan fingerprint density at radius 2 is 1.67 bits per heavy atom. The summed E-state index contributed by atoms with van der Waals surface area (Å²) in [6, 6.07) is 10.5. The molecule has 0 aliphatic carbocycles. The molecule has 2 aromatic carbocycles. The molecule has 0 aliphatic rings. The summed E-state index contributed by atoms with van der Waals surface area (Å²) in [7, 11) is 0. The quantitative estimate of drug-likeness (QED) is 0.351. The van der Waals surface area contributed by atoms with Gasteiger partial charge in [0.2, 0.25) is 0 Å². The predicted octanol–water partition coefficient (Wildman–Crippen LogP) is 4.02. The number of nitrogens with one attached hydrogen (secondary N) is 3. The Bertz CT molecular complexity index is 940. The molecule has 0 heterocycles. The van der Waals surface area contributed by atoms with Gasteiger partial charge in [-0.2, -0.15) is 0 Å². The summed E-state index contributed by atoms with van der Waals surface area (Å²) in [5, 5.41) is 2.44. The number of benzene rings is 2. The number of aryl methyl sites for hydroxylation is 1. The van der Waals surface area contributed by atoms with Gasteiger partial charge in [0.25, 0.3) is 11.8 Å². The predicted molar refractivity (Wildman–Crippen MR) is 126 cm³/mol. The van der Waals surface area contributed by atoms with Gasteiger partial charge in [-0.15, -0.1) is 0 Å². The van der Waals surface area contributed by atoms with Crippen LogP contribution in [0.15, 0.2) is 45.3 Å². The van der Waals surface area contributed by atoms with Crippen LogP contribution >= 0.6 is 44.1 Å². The first-order valence-corrected chi connectivity index (χ1v) is 11.0.